The van der Waals surface area contributed by atoms with Gasteiger partial charge in [-0.15, -0.1) is 0 Å². The maximum Gasteiger partial charge on any atom is 0.231 e. The van der Waals surface area contributed by atoms with E-state index in [-0.39, 0.29) is 0 Å². The average Bonchev–Trinajstić information content (AvgIpc) is 3.86. The van der Waals surface area contributed by atoms with Crippen LogP contribution in [0.2, 0.25) is 0 Å². The monoisotopic (exact) mass is 652 g/mol. The maximum absolute atomic E-state index is 6.35. The van der Waals surface area contributed by atoms with Crippen LogP contribution in [0, 0.1) is 0 Å². The van der Waals surface area contributed by atoms with Crippen molar-refractivity contribution in [2.45, 2.75) is 0 Å². The van der Waals surface area contributed by atoms with Gasteiger partial charge in [-0.1, -0.05) is 121 Å². The van der Waals surface area contributed by atoms with Crippen LogP contribution < -0.4 is 0 Å². The van der Waals surface area contributed by atoms with Crippen LogP contribution >= 0.6 is 0 Å². The van der Waals surface area contributed by atoms with Gasteiger partial charge < -0.3 is 13.6 Å². The summed E-state index contributed by atoms with van der Waals surface area (Å²) in [5.74, 6) is 0.635. The van der Waals surface area contributed by atoms with Gasteiger partial charge in [-0.2, -0.15) is 4.98 Å². The van der Waals surface area contributed by atoms with Gasteiger partial charge in [0.2, 0.25) is 5.71 Å². The molecule has 5 heteroatoms. The van der Waals surface area contributed by atoms with Gasteiger partial charge in [-0.05, 0) is 48.5 Å². The molecule has 4 heterocycles. The van der Waals surface area contributed by atoms with E-state index in [1.54, 1.807) is 0 Å². The Balaban J connectivity index is 1.21. The fraction of sp³-hybridized carbons (Fsp3) is 0. The number of benzene rings is 7. The third kappa shape index (κ3) is 4.09. The van der Waals surface area contributed by atoms with Crippen molar-refractivity contribution in [1.82, 2.24) is 19.1 Å². The van der Waals surface area contributed by atoms with Crippen molar-refractivity contribution in [1.29, 1.82) is 0 Å². The van der Waals surface area contributed by atoms with Crippen molar-refractivity contribution >= 4 is 65.7 Å². The first-order chi connectivity index (χ1) is 25.3. The van der Waals surface area contributed by atoms with Crippen molar-refractivity contribution in [3.8, 4) is 34.0 Å². The standard InChI is InChI=1S/C46H28N4O/c1-3-14-29(15-4-1)45-47-43(42-36-22-9-12-25-40(36)51-46(42)48-45)30-16-13-19-32(28-30)49-38-24-11-8-21-35(38)41-39(49)27-26-34-33-20-7-10-23-37(33)50(44(34)41)31-17-5-2-6-18-31/h1-28H. The van der Waals surface area contributed by atoms with Crippen LogP contribution in [0.25, 0.3) is 99.7 Å². The molecule has 238 valence electrons. The van der Waals surface area contributed by atoms with Crippen molar-refractivity contribution < 1.29 is 4.42 Å². The average molecular weight is 653 g/mol. The van der Waals surface area contributed by atoms with Crippen molar-refractivity contribution in [3.05, 3.63) is 170 Å². The molecule has 7 aromatic carbocycles. The molecule has 0 N–H and O–H groups in total. The molecule has 0 saturated carbocycles. The highest BCUT2D eigenvalue weighted by Gasteiger charge is 2.22. The number of furan rings is 1. The lowest BCUT2D eigenvalue weighted by Gasteiger charge is -2.12. The van der Waals surface area contributed by atoms with Crippen LogP contribution in [0.1, 0.15) is 0 Å². The number of para-hydroxylation sites is 4. The van der Waals surface area contributed by atoms with Crippen LogP contribution in [0.5, 0.6) is 0 Å². The van der Waals surface area contributed by atoms with E-state index < -0.39 is 0 Å². The van der Waals surface area contributed by atoms with Crippen molar-refractivity contribution in [2.24, 2.45) is 0 Å². The molecule has 0 saturated heterocycles. The number of fused-ring (bicyclic) bond motifs is 10. The smallest absolute Gasteiger partial charge is 0.231 e. The van der Waals surface area contributed by atoms with Gasteiger partial charge >= 0.3 is 0 Å². The summed E-state index contributed by atoms with van der Waals surface area (Å²) in [6.07, 6.45) is 0. The molecule has 5 nitrogen and oxygen atoms in total. The van der Waals surface area contributed by atoms with Gasteiger partial charge in [0.15, 0.2) is 5.82 Å². The molecular weight excluding hydrogens is 625 g/mol. The first-order valence-electron chi connectivity index (χ1n) is 17.2. The van der Waals surface area contributed by atoms with E-state index >= 15 is 0 Å². The molecule has 11 rings (SSSR count). The van der Waals surface area contributed by atoms with E-state index in [0.29, 0.717) is 11.5 Å². The second kappa shape index (κ2) is 10.8. The molecule has 0 bridgehead atoms. The Hall–Kier alpha value is -6.98. The van der Waals surface area contributed by atoms with Gasteiger partial charge in [0, 0.05) is 49.4 Å². The molecule has 51 heavy (non-hydrogen) atoms. The minimum atomic E-state index is 0.582. The molecule has 0 radical (unpaired) electrons. The van der Waals surface area contributed by atoms with Crippen LogP contribution in [0.4, 0.5) is 0 Å². The summed E-state index contributed by atoms with van der Waals surface area (Å²) < 4.78 is 11.2. The Bertz CT molecular complexity index is 3130. The minimum Gasteiger partial charge on any atom is -0.438 e. The number of aromatic nitrogens is 4. The maximum atomic E-state index is 6.35. The van der Waals surface area contributed by atoms with Gasteiger partial charge in [0.1, 0.15) is 5.58 Å². The molecule has 0 unspecified atom stereocenters. The van der Waals surface area contributed by atoms with E-state index in [2.05, 4.69) is 130 Å². The third-order valence-electron chi connectivity index (χ3n) is 10.1. The zero-order valence-electron chi connectivity index (χ0n) is 27.4. The fourth-order valence-corrected chi connectivity index (χ4v) is 7.97. The first kappa shape index (κ1) is 27.9. The molecule has 0 aliphatic rings. The molecule has 0 aliphatic carbocycles. The summed E-state index contributed by atoms with van der Waals surface area (Å²) in [6, 6.07) is 59.7. The SMILES string of the molecule is c1ccc(-c2nc(-c3cccc(-n4c5ccccc5c5c4ccc4c6ccccc6n(-c6ccccc6)c45)c3)c3c(n2)oc2ccccc23)cc1. The highest BCUT2D eigenvalue weighted by atomic mass is 16.3. The van der Waals surface area contributed by atoms with Gasteiger partial charge in [0.05, 0.1) is 33.1 Å². The summed E-state index contributed by atoms with van der Waals surface area (Å²) >= 11 is 0. The van der Waals surface area contributed by atoms with E-state index in [1.165, 1.54) is 32.6 Å². The summed E-state index contributed by atoms with van der Waals surface area (Å²) in [7, 11) is 0. The summed E-state index contributed by atoms with van der Waals surface area (Å²) in [5.41, 5.74) is 11.1. The highest BCUT2D eigenvalue weighted by Crippen LogP contribution is 2.43. The molecular formula is C46H28N4O. The van der Waals surface area contributed by atoms with Crippen molar-refractivity contribution in [2.75, 3.05) is 0 Å². The molecule has 11 aromatic rings. The lowest BCUT2D eigenvalue weighted by atomic mass is 10.0. The molecule has 0 aliphatic heterocycles. The molecule has 0 spiro atoms. The number of hydrogen-bond acceptors (Lipinski definition) is 3. The zero-order chi connectivity index (χ0) is 33.5. The molecule has 4 aromatic heterocycles. The number of rotatable bonds is 4. The molecule has 0 atom stereocenters. The van der Waals surface area contributed by atoms with Crippen LogP contribution in [-0.2, 0) is 0 Å². The van der Waals surface area contributed by atoms with Gasteiger partial charge in [-0.3, -0.25) is 0 Å². The predicted molar refractivity (Wildman–Crippen MR) is 209 cm³/mol. The quantitative estimate of drug-likeness (QED) is 0.190. The Morgan fingerprint density at radius 1 is 0.412 bits per heavy atom. The zero-order valence-corrected chi connectivity index (χ0v) is 27.4. The van der Waals surface area contributed by atoms with E-state index in [4.69, 9.17) is 14.4 Å². The summed E-state index contributed by atoms with van der Waals surface area (Å²) in [6.45, 7) is 0. The van der Waals surface area contributed by atoms with Gasteiger partial charge in [-0.25, -0.2) is 4.98 Å². The van der Waals surface area contributed by atoms with E-state index in [9.17, 15) is 0 Å². The summed E-state index contributed by atoms with van der Waals surface area (Å²) in [5, 5.41) is 6.83. The van der Waals surface area contributed by atoms with Gasteiger partial charge in [0.25, 0.3) is 0 Å². The van der Waals surface area contributed by atoms with E-state index in [0.717, 1.165) is 55.6 Å². The molecule has 0 amide bonds. The second-order valence-electron chi connectivity index (χ2n) is 13.0. The minimum absolute atomic E-state index is 0.582. The first-order valence-corrected chi connectivity index (χ1v) is 17.2. The summed E-state index contributed by atoms with van der Waals surface area (Å²) in [4.78, 5) is 10.2. The van der Waals surface area contributed by atoms with E-state index in [1.807, 2.05) is 48.5 Å². The topological polar surface area (TPSA) is 48.8 Å². The van der Waals surface area contributed by atoms with Crippen molar-refractivity contribution in [3.63, 3.8) is 0 Å². The molecule has 0 fully saturated rings. The largest absolute Gasteiger partial charge is 0.438 e. The number of nitrogens with zero attached hydrogens (tertiary/aromatic N) is 4. The fourth-order valence-electron chi connectivity index (χ4n) is 7.97. The normalized spacial score (nSPS) is 11.9. The van der Waals surface area contributed by atoms with Crippen LogP contribution in [0.3, 0.4) is 0 Å². The Morgan fingerprint density at radius 2 is 1.06 bits per heavy atom. The number of hydrogen-bond donors (Lipinski definition) is 0. The second-order valence-corrected chi connectivity index (χ2v) is 13.0. The predicted octanol–water partition coefficient (Wildman–Crippen LogP) is 11.9. The third-order valence-corrected chi connectivity index (χ3v) is 10.1. The lowest BCUT2D eigenvalue weighted by molar-refractivity contribution is 0.653. The lowest BCUT2D eigenvalue weighted by Crippen LogP contribution is -1.97. The Morgan fingerprint density at radius 3 is 1.88 bits per heavy atom. The van der Waals surface area contributed by atoms with Crippen LogP contribution in [-0.4, -0.2) is 19.1 Å². The Labute approximate surface area is 292 Å². The highest BCUT2D eigenvalue weighted by molar-refractivity contribution is 6.26. The van der Waals surface area contributed by atoms with Crippen LogP contribution in [0.15, 0.2) is 174 Å². The Kier molecular flexibility index (Phi) is 5.89.